The van der Waals surface area contributed by atoms with E-state index in [4.69, 9.17) is 0 Å². The van der Waals surface area contributed by atoms with E-state index in [9.17, 15) is 4.39 Å². The summed E-state index contributed by atoms with van der Waals surface area (Å²) >= 11 is 0. The average molecular weight is 337 g/mol. The minimum absolute atomic E-state index is 0.248. The van der Waals surface area contributed by atoms with Gasteiger partial charge in [0.15, 0.2) is 0 Å². The average Bonchev–Trinajstić information content (AvgIpc) is 3.12. The second-order valence-electron chi connectivity index (χ2n) is 6.24. The van der Waals surface area contributed by atoms with Gasteiger partial charge in [0.25, 0.3) is 0 Å². The van der Waals surface area contributed by atoms with Gasteiger partial charge in [-0.1, -0.05) is 6.07 Å². The molecule has 3 heterocycles. The van der Waals surface area contributed by atoms with E-state index in [2.05, 4.69) is 32.0 Å². The lowest BCUT2D eigenvalue weighted by Gasteiger charge is -2.35. The Kier molecular flexibility index (Phi) is 4.43. The lowest BCUT2D eigenvalue weighted by atomic mass is 10.2. The number of hydrogen-bond donors (Lipinski definition) is 0. The first-order chi connectivity index (χ1) is 12.3. The Labute approximate surface area is 146 Å². The van der Waals surface area contributed by atoms with Gasteiger partial charge in [0.2, 0.25) is 0 Å². The van der Waals surface area contributed by atoms with Crippen molar-refractivity contribution in [3.63, 3.8) is 0 Å². The molecule has 1 aromatic carbocycles. The molecule has 0 atom stereocenters. The lowest BCUT2D eigenvalue weighted by molar-refractivity contribution is 0.250. The standard InChI is InChI=1S/C19H20FN5/c20-17-2-1-3-19(12-17)25-15-16(13-22-25)14-23-8-10-24(11-9-23)18-4-6-21-7-5-18/h1-7,12-13,15H,8-11,14H2. The number of halogens is 1. The number of piperazine rings is 1. The molecule has 0 saturated carbocycles. The number of aromatic nitrogens is 3. The van der Waals surface area contributed by atoms with Crippen LogP contribution in [0.4, 0.5) is 10.1 Å². The van der Waals surface area contributed by atoms with Crippen molar-refractivity contribution in [2.24, 2.45) is 0 Å². The van der Waals surface area contributed by atoms with Crippen molar-refractivity contribution < 1.29 is 4.39 Å². The largest absolute Gasteiger partial charge is 0.369 e. The summed E-state index contributed by atoms with van der Waals surface area (Å²) in [5.74, 6) is -0.248. The van der Waals surface area contributed by atoms with Gasteiger partial charge in [-0.25, -0.2) is 9.07 Å². The third-order valence-electron chi connectivity index (χ3n) is 4.52. The highest BCUT2D eigenvalue weighted by molar-refractivity contribution is 5.45. The van der Waals surface area contributed by atoms with Crippen molar-refractivity contribution in [2.45, 2.75) is 6.54 Å². The highest BCUT2D eigenvalue weighted by Crippen LogP contribution is 2.17. The summed E-state index contributed by atoms with van der Waals surface area (Å²) in [5, 5.41) is 4.36. The van der Waals surface area contributed by atoms with Gasteiger partial charge in [0, 0.05) is 62.6 Å². The molecule has 1 aliphatic heterocycles. The molecule has 0 aliphatic carbocycles. The van der Waals surface area contributed by atoms with E-state index >= 15 is 0 Å². The molecule has 25 heavy (non-hydrogen) atoms. The van der Waals surface area contributed by atoms with E-state index in [1.54, 1.807) is 10.7 Å². The summed E-state index contributed by atoms with van der Waals surface area (Å²) in [7, 11) is 0. The van der Waals surface area contributed by atoms with Crippen molar-refractivity contribution in [1.29, 1.82) is 0 Å². The molecule has 0 spiro atoms. The van der Waals surface area contributed by atoms with Gasteiger partial charge in [-0.2, -0.15) is 5.10 Å². The fraction of sp³-hybridized carbons (Fsp3) is 0.263. The molecule has 2 aromatic heterocycles. The topological polar surface area (TPSA) is 37.2 Å². The summed E-state index contributed by atoms with van der Waals surface area (Å²) in [6, 6.07) is 10.6. The monoisotopic (exact) mass is 337 g/mol. The van der Waals surface area contributed by atoms with Crippen molar-refractivity contribution in [2.75, 3.05) is 31.1 Å². The van der Waals surface area contributed by atoms with Crippen LogP contribution in [0.25, 0.3) is 5.69 Å². The zero-order chi connectivity index (χ0) is 17.1. The van der Waals surface area contributed by atoms with Gasteiger partial charge in [-0.3, -0.25) is 9.88 Å². The summed E-state index contributed by atoms with van der Waals surface area (Å²) < 4.78 is 15.1. The number of hydrogen-bond acceptors (Lipinski definition) is 4. The summed E-state index contributed by atoms with van der Waals surface area (Å²) in [6.45, 7) is 4.88. The minimum Gasteiger partial charge on any atom is -0.369 e. The van der Waals surface area contributed by atoms with Crippen LogP contribution >= 0.6 is 0 Å². The molecule has 0 unspecified atom stereocenters. The molecule has 0 N–H and O–H groups in total. The molecule has 4 rings (SSSR count). The van der Waals surface area contributed by atoms with Crippen LogP contribution in [0.15, 0.2) is 61.2 Å². The van der Waals surface area contributed by atoms with Crippen LogP contribution in [-0.2, 0) is 6.54 Å². The zero-order valence-electron chi connectivity index (χ0n) is 13.9. The first-order valence-electron chi connectivity index (χ1n) is 8.45. The quantitative estimate of drug-likeness (QED) is 0.734. The number of benzene rings is 1. The highest BCUT2D eigenvalue weighted by atomic mass is 19.1. The van der Waals surface area contributed by atoms with Gasteiger partial charge in [0.05, 0.1) is 11.9 Å². The Morgan fingerprint density at radius 3 is 2.52 bits per heavy atom. The fourth-order valence-electron chi connectivity index (χ4n) is 3.18. The Hall–Kier alpha value is -2.73. The molecule has 0 bridgehead atoms. The molecule has 0 amide bonds. The second kappa shape index (κ2) is 7.03. The van der Waals surface area contributed by atoms with E-state index in [0.29, 0.717) is 0 Å². The zero-order valence-corrected chi connectivity index (χ0v) is 13.9. The van der Waals surface area contributed by atoms with Crippen LogP contribution in [0.2, 0.25) is 0 Å². The first-order valence-corrected chi connectivity index (χ1v) is 8.45. The molecule has 0 radical (unpaired) electrons. The smallest absolute Gasteiger partial charge is 0.125 e. The number of pyridine rings is 1. The van der Waals surface area contributed by atoms with Gasteiger partial charge >= 0.3 is 0 Å². The maximum atomic E-state index is 13.4. The fourth-order valence-corrected chi connectivity index (χ4v) is 3.18. The van der Waals surface area contributed by atoms with Crippen molar-refractivity contribution in [1.82, 2.24) is 19.7 Å². The molecule has 5 nitrogen and oxygen atoms in total. The maximum Gasteiger partial charge on any atom is 0.125 e. The Morgan fingerprint density at radius 1 is 0.960 bits per heavy atom. The van der Waals surface area contributed by atoms with E-state index < -0.39 is 0 Å². The van der Waals surface area contributed by atoms with E-state index in [0.717, 1.165) is 44.0 Å². The number of anilines is 1. The Morgan fingerprint density at radius 2 is 1.76 bits per heavy atom. The predicted octanol–water partition coefficient (Wildman–Crippen LogP) is 2.73. The van der Waals surface area contributed by atoms with E-state index in [1.807, 2.05) is 30.9 Å². The van der Waals surface area contributed by atoms with Crippen LogP contribution in [0.3, 0.4) is 0 Å². The number of nitrogens with zero attached hydrogens (tertiary/aromatic N) is 5. The van der Waals surface area contributed by atoms with Gasteiger partial charge in [-0.15, -0.1) is 0 Å². The van der Waals surface area contributed by atoms with Gasteiger partial charge in [0.1, 0.15) is 5.82 Å². The SMILES string of the molecule is Fc1cccc(-n2cc(CN3CCN(c4ccncc4)CC3)cn2)c1. The van der Waals surface area contributed by atoms with Crippen molar-refractivity contribution >= 4 is 5.69 Å². The maximum absolute atomic E-state index is 13.4. The Bertz CT molecular complexity index is 825. The van der Waals surface area contributed by atoms with E-state index in [-0.39, 0.29) is 5.82 Å². The predicted molar refractivity (Wildman–Crippen MR) is 95.2 cm³/mol. The number of rotatable bonds is 4. The minimum atomic E-state index is -0.248. The molecular formula is C19H20FN5. The van der Waals surface area contributed by atoms with Crippen molar-refractivity contribution in [3.8, 4) is 5.69 Å². The molecule has 3 aromatic rings. The third-order valence-corrected chi connectivity index (χ3v) is 4.52. The normalized spacial score (nSPS) is 15.5. The highest BCUT2D eigenvalue weighted by Gasteiger charge is 2.17. The molecule has 6 heteroatoms. The molecule has 1 saturated heterocycles. The van der Waals surface area contributed by atoms with Crippen LogP contribution in [0, 0.1) is 5.82 Å². The molecule has 128 valence electrons. The summed E-state index contributed by atoms with van der Waals surface area (Å²) in [4.78, 5) is 8.88. The van der Waals surface area contributed by atoms with Crippen LogP contribution in [0.5, 0.6) is 0 Å². The Balaban J connectivity index is 1.36. The molecular weight excluding hydrogens is 317 g/mol. The first kappa shape index (κ1) is 15.8. The second-order valence-corrected chi connectivity index (χ2v) is 6.24. The van der Waals surface area contributed by atoms with Gasteiger partial charge in [-0.05, 0) is 30.3 Å². The third kappa shape index (κ3) is 3.69. The van der Waals surface area contributed by atoms with Crippen LogP contribution in [0.1, 0.15) is 5.56 Å². The van der Waals surface area contributed by atoms with Crippen LogP contribution in [-0.4, -0.2) is 45.8 Å². The summed E-state index contributed by atoms with van der Waals surface area (Å²) in [5.41, 5.74) is 3.11. The van der Waals surface area contributed by atoms with Crippen molar-refractivity contribution in [3.05, 3.63) is 72.6 Å². The van der Waals surface area contributed by atoms with Crippen LogP contribution < -0.4 is 4.90 Å². The summed E-state index contributed by atoms with van der Waals surface area (Å²) in [6.07, 6.45) is 7.51. The lowest BCUT2D eigenvalue weighted by Crippen LogP contribution is -2.45. The molecule has 1 aliphatic rings. The van der Waals surface area contributed by atoms with E-state index in [1.165, 1.54) is 17.8 Å². The van der Waals surface area contributed by atoms with Gasteiger partial charge < -0.3 is 4.90 Å². The molecule has 1 fully saturated rings.